The Morgan fingerprint density at radius 3 is 2.61 bits per heavy atom. The van der Waals surface area contributed by atoms with Crippen LogP contribution in [0.2, 0.25) is 19.6 Å². The number of hydrogen-bond acceptors (Lipinski definition) is 2. The lowest BCUT2D eigenvalue weighted by atomic mass is 10.2. The van der Waals surface area contributed by atoms with Gasteiger partial charge in [0, 0.05) is 12.4 Å². The lowest BCUT2D eigenvalue weighted by molar-refractivity contribution is 1.06. The number of hydrogen-bond donors (Lipinski definition) is 1. The van der Waals surface area contributed by atoms with Crippen molar-refractivity contribution in [2.45, 2.75) is 26.2 Å². The number of nitrogens with one attached hydrogen (secondary N) is 1. The fourth-order valence-corrected chi connectivity index (χ4v) is 3.20. The topological polar surface area (TPSA) is 41.0 Å². The summed E-state index contributed by atoms with van der Waals surface area (Å²) in [6.45, 7) is 7.65. The van der Waals surface area contributed by atoms with Gasteiger partial charge in [0.15, 0.2) is 0 Å². The van der Waals surface area contributed by atoms with Gasteiger partial charge in [-0.3, -0.25) is 10.1 Å². The molecule has 0 amide bonds. The van der Waals surface area contributed by atoms with Crippen molar-refractivity contribution < 1.29 is 0 Å². The highest BCUT2D eigenvalue weighted by Gasteiger charge is 2.20. The van der Waals surface area contributed by atoms with Crippen LogP contribution in [0.4, 0.5) is 0 Å². The van der Waals surface area contributed by atoms with Gasteiger partial charge in [0.2, 0.25) is 0 Å². The summed E-state index contributed by atoms with van der Waals surface area (Å²) in [5.41, 5.74) is 2.29. The lowest BCUT2D eigenvalue weighted by Gasteiger charge is -2.14. The molecule has 0 spiro atoms. The number of aromatic amines is 1. The van der Waals surface area contributed by atoms with E-state index in [0.29, 0.717) is 6.54 Å². The lowest BCUT2D eigenvalue weighted by Crippen LogP contribution is -2.39. The first-order valence-corrected chi connectivity index (χ1v) is 9.65. The van der Waals surface area contributed by atoms with Crippen molar-refractivity contribution in [3.8, 4) is 0 Å². The first kappa shape index (κ1) is 12.8. The number of rotatable bonds is 4. The normalized spacial score (nSPS) is 12.2. The molecule has 94 valence electrons. The van der Waals surface area contributed by atoms with Crippen LogP contribution in [-0.4, -0.2) is 24.5 Å². The van der Waals surface area contributed by atoms with Crippen LogP contribution in [0, 0.1) is 0 Å². The van der Waals surface area contributed by atoms with E-state index >= 15 is 0 Å². The first-order valence-electron chi connectivity index (χ1n) is 6.15. The van der Waals surface area contributed by atoms with E-state index in [1.165, 1.54) is 10.8 Å². The molecule has 0 unspecified atom stereocenters. The van der Waals surface area contributed by atoms with E-state index in [1.54, 1.807) is 0 Å². The molecule has 1 heterocycles. The van der Waals surface area contributed by atoms with Crippen LogP contribution in [0.25, 0.3) is 0 Å². The second-order valence-electron chi connectivity index (χ2n) is 5.40. The molecule has 0 fully saturated rings. The molecule has 3 nitrogen and oxygen atoms in total. The van der Waals surface area contributed by atoms with Crippen LogP contribution >= 0.6 is 0 Å². The van der Waals surface area contributed by atoms with Crippen LogP contribution < -0.4 is 5.19 Å². The fourth-order valence-electron chi connectivity index (χ4n) is 1.82. The molecule has 1 aromatic carbocycles. The number of nitrogens with zero attached hydrogens (tertiary/aromatic N) is 2. The Morgan fingerprint density at radius 2 is 1.94 bits per heavy atom. The van der Waals surface area contributed by atoms with E-state index in [1.807, 2.05) is 30.6 Å². The molecule has 0 atom stereocenters. The molecule has 0 aliphatic rings. The maximum Gasteiger partial charge on any atom is 0.0825 e. The molecule has 0 radical (unpaired) electrons. The predicted octanol–water partition coefficient (Wildman–Crippen LogP) is 2.57. The second-order valence-corrected chi connectivity index (χ2v) is 10.4. The number of aromatic nitrogens is 2. The average Bonchev–Trinajstić information content (AvgIpc) is 2.78. The van der Waals surface area contributed by atoms with E-state index in [-0.39, 0.29) is 0 Å². The summed E-state index contributed by atoms with van der Waals surface area (Å²) in [4.78, 5) is 4.48. The van der Waals surface area contributed by atoms with Gasteiger partial charge in [-0.25, -0.2) is 0 Å². The molecule has 0 aliphatic carbocycles. The molecule has 1 aromatic heterocycles. The van der Waals surface area contributed by atoms with E-state index < -0.39 is 8.07 Å². The van der Waals surface area contributed by atoms with Crippen molar-refractivity contribution in [3.63, 3.8) is 0 Å². The van der Waals surface area contributed by atoms with Crippen molar-refractivity contribution >= 4 is 19.5 Å². The highest BCUT2D eigenvalue weighted by Crippen LogP contribution is 2.04. The zero-order chi connectivity index (χ0) is 13.0. The van der Waals surface area contributed by atoms with E-state index in [9.17, 15) is 0 Å². The summed E-state index contributed by atoms with van der Waals surface area (Å²) >= 11 is 0. The predicted molar refractivity (Wildman–Crippen MR) is 79.3 cm³/mol. The molecule has 0 saturated heterocycles. The molecule has 0 saturated carbocycles. The van der Waals surface area contributed by atoms with Gasteiger partial charge in [0.05, 0.1) is 20.3 Å². The smallest absolute Gasteiger partial charge is 0.0825 e. The summed E-state index contributed by atoms with van der Waals surface area (Å²) in [5, 5.41) is 8.50. The molecule has 2 rings (SSSR count). The third-order valence-electron chi connectivity index (χ3n) is 2.81. The maximum absolute atomic E-state index is 4.48. The fraction of sp³-hybridized carbons (Fsp3) is 0.286. The quantitative estimate of drug-likeness (QED) is 0.664. The largest absolute Gasteiger partial charge is 0.286 e. The summed E-state index contributed by atoms with van der Waals surface area (Å²) < 4.78 is 0. The molecule has 1 N–H and O–H groups in total. The van der Waals surface area contributed by atoms with Crippen molar-refractivity contribution in [3.05, 3.63) is 47.8 Å². The highest BCUT2D eigenvalue weighted by molar-refractivity contribution is 6.89. The molecule has 0 bridgehead atoms. The second kappa shape index (κ2) is 5.31. The average molecular weight is 257 g/mol. The van der Waals surface area contributed by atoms with Gasteiger partial charge in [-0.05, 0) is 10.8 Å². The minimum atomic E-state index is -1.34. The Labute approximate surface area is 109 Å². The van der Waals surface area contributed by atoms with Crippen molar-refractivity contribution in [2.75, 3.05) is 0 Å². The van der Waals surface area contributed by atoms with Crippen molar-refractivity contribution in [2.24, 2.45) is 4.99 Å². The van der Waals surface area contributed by atoms with Crippen molar-refractivity contribution in [1.29, 1.82) is 0 Å². The zero-order valence-corrected chi connectivity index (χ0v) is 12.1. The van der Waals surface area contributed by atoms with Crippen LogP contribution in [0.15, 0.2) is 41.5 Å². The Kier molecular flexibility index (Phi) is 3.77. The van der Waals surface area contributed by atoms with E-state index in [0.717, 1.165) is 5.69 Å². The molecule has 2 aromatic rings. The highest BCUT2D eigenvalue weighted by atomic mass is 28.3. The summed E-state index contributed by atoms with van der Waals surface area (Å²) in [7, 11) is -1.34. The monoisotopic (exact) mass is 257 g/mol. The Morgan fingerprint density at radius 1 is 1.22 bits per heavy atom. The Bertz CT molecular complexity index is 523. The number of benzene rings is 1. The number of H-pyrrole nitrogens is 1. The van der Waals surface area contributed by atoms with E-state index in [4.69, 9.17) is 0 Å². The van der Waals surface area contributed by atoms with Crippen LogP contribution in [0.3, 0.4) is 0 Å². The van der Waals surface area contributed by atoms with Gasteiger partial charge < -0.3 is 0 Å². The molecule has 0 aliphatic heterocycles. The molecular weight excluding hydrogens is 238 g/mol. The summed E-state index contributed by atoms with van der Waals surface area (Å²) in [5.74, 6) is 0. The third-order valence-corrected chi connectivity index (χ3v) is 4.83. The number of aliphatic imine (C=N–C) groups is 1. The zero-order valence-electron chi connectivity index (χ0n) is 11.1. The Balaban J connectivity index is 2.09. The van der Waals surface area contributed by atoms with Crippen LogP contribution in [0.1, 0.15) is 11.3 Å². The van der Waals surface area contributed by atoms with Crippen LogP contribution in [-0.2, 0) is 6.54 Å². The summed E-state index contributed by atoms with van der Waals surface area (Å²) in [6, 6.07) is 10.3. The minimum absolute atomic E-state index is 0.713. The standard InChI is InChI=1S/C14H19N3Si/c1-18(2,3)14-11-16-17-13(14)10-15-9-12-7-5-4-6-8-12/h4-8,10-11H,9H2,1-3H3,(H,16,17). The molecular formula is C14H19N3Si. The van der Waals surface area contributed by atoms with Crippen LogP contribution in [0.5, 0.6) is 0 Å². The van der Waals surface area contributed by atoms with Crippen molar-refractivity contribution in [1.82, 2.24) is 10.2 Å². The van der Waals surface area contributed by atoms with Gasteiger partial charge in [-0.2, -0.15) is 5.10 Å². The Hall–Kier alpha value is -1.68. The van der Waals surface area contributed by atoms with Gasteiger partial charge >= 0.3 is 0 Å². The van der Waals surface area contributed by atoms with Gasteiger partial charge in [-0.1, -0.05) is 50.0 Å². The van der Waals surface area contributed by atoms with Gasteiger partial charge in [0.25, 0.3) is 0 Å². The minimum Gasteiger partial charge on any atom is -0.286 e. The first-order chi connectivity index (χ1) is 8.57. The SMILES string of the molecule is C[Si](C)(C)c1cn[nH]c1C=NCc1ccccc1. The molecule has 18 heavy (non-hydrogen) atoms. The molecule has 4 heteroatoms. The van der Waals surface area contributed by atoms with E-state index in [2.05, 4.69) is 47.0 Å². The third kappa shape index (κ3) is 3.17. The van der Waals surface area contributed by atoms with Gasteiger partial charge in [0.1, 0.15) is 0 Å². The maximum atomic E-state index is 4.48. The summed E-state index contributed by atoms with van der Waals surface area (Å²) in [6.07, 6.45) is 3.85. The van der Waals surface area contributed by atoms with Gasteiger partial charge in [-0.15, -0.1) is 0 Å².